The first kappa shape index (κ1) is 19.1. The Labute approximate surface area is 166 Å². The summed E-state index contributed by atoms with van der Waals surface area (Å²) in [6.07, 6.45) is 0. The summed E-state index contributed by atoms with van der Waals surface area (Å²) >= 11 is 13.8. The van der Waals surface area contributed by atoms with E-state index >= 15 is 0 Å². The molecule has 0 aliphatic heterocycles. The Morgan fingerprint density at radius 1 is 1.27 bits per heavy atom. The monoisotopic (exact) mass is 408 g/mol. The van der Waals surface area contributed by atoms with Gasteiger partial charge in [-0.05, 0) is 36.8 Å². The van der Waals surface area contributed by atoms with Crippen molar-refractivity contribution in [2.75, 3.05) is 13.6 Å². The highest BCUT2D eigenvalue weighted by molar-refractivity contribution is 7.18. The van der Waals surface area contributed by atoms with Crippen LogP contribution in [0.15, 0.2) is 42.5 Å². The zero-order chi connectivity index (χ0) is 18.7. The van der Waals surface area contributed by atoms with Crippen molar-refractivity contribution >= 4 is 50.7 Å². The fraction of sp³-hybridized carbons (Fsp3) is 0.263. The normalized spacial score (nSPS) is 13.5. The minimum atomic E-state index is -0.178. The zero-order valence-electron chi connectivity index (χ0n) is 14.6. The van der Waals surface area contributed by atoms with E-state index in [1.54, 1.807) is 23.5 Å². The van der Waals surface area contributed by atoms with E-state index in [4.69, 9.17) is 23.2 Å². The summed E-state index contributed by atoms with van der Waals surface area (Å²) in [6.45, 7) is 2.99. The summed E-state index contributed by atoms with van der Waals surface area (Å²) in [6, 6.07) is 13.2. The topological polar surface area (TPSA) is 46.4 Å². The Morgan fingerprint density at radius 2 is 2.04 bits per heavy atom. The lowest BCUT2D eigenvalue weighted by molar-refractivity contribution is -0.885. The molecule has 1 unspecified atom stereocenters. The van der Waals surface area contributed by atoms with Gasteiger partial charge in [0.05, 0.1) is 23.3 Å². The number of halogens is 2. The first-order valence-corrected chi connectivity index (χ1v) is 9.89. The van der Waals surface area contributed by atoms with E-state index in [2.05, 4.69) is 16.4 Å². The lowest BCUT2D eigenvalue weighted by atomic mass is 10.1. The molecule has 2 atom stereocenters. The third-order valence-electron chi connectivity index (χ3n) is 4.06. The highest BCUT2D eigenvalue weighted by Crippen LogP contribution is 2.26. The number of likely N-dealkylation sites (N-methyl/N-ethyl adjacent to an activating group) is 1. The number of benzene rings is 2. The van der Waals surface area contributed by atoms with Crippen molar-refractivity contribution in [3.63, 3.8) is 0 Å². The predicted molar refractivity (Wildman–Crippen MR) is 108 cm³/mol. The molecule has 136 valence electrons. The SMILES string of the molecule is C[C@H](NC(=O)C[NH+](C)Cc1nc2ccccc2s1)c1ccc(Cl)cc1Cl. The van der Waals surface area contributed by atoms with Crippen molar-refractivity contribution in [3.8, 4) is 0 Å². The van der Waals surface area contributed by atoms with Crippen molar-refractivity contribution in [1.82, 2.24) is 10.3 Å². The Kier molecular flexibility index (Phi) is 6.14. The summed E-state index contributed by atoms with van der Waals surface area (Å²) in [5.41, 5.74) is 1.86. The van der Waals surface area contributed by atoms with E-state index in [1.807, 2.05) is 38.2 Å². The van der Waals surface area contributed by atoms with Gasteiger partial charge >= 0.3 is 0 Å². The summed E-state index contributed by atoms with van der Waals surface area (Å²) in [5, 5.41) is 5.16. The first-order chi connectivity index (χ1) is 12.4. The molecular formula is C19H20Cl2N3OS+. The van der Waals surface area contributed by atoms with Crippen LogP contribution in [0.4, 0.5) is 0 Å². The van der Waals surface area contributed by atoms with E-state index in [1.165, 1.54) is 4.70 Å². The third kappa shape index (κ3) is 4.74. The Balaban J connectivity index is 1.56. The maximum absolute atomic E-state index is 12.4. The second kappa shape index (κ2) is 8.35. The number of quaternary nitrogens is 1. The minimum absolute atomic E-state index is 0.0258. The average Bonchev–Trinajstić information content (AvgIpc) is 2.96. The number of thiazole rings is 1. The lowest BCUT2D eigenvalue weighted by Crippen LogP contribution is -3.08. The van der Waals surface area contributed by atoms with Gasteiger partial charge in [-0.25, -0.2) is 4.98 Å². The molecule has 3 aromatic rings. The largest absolute Gasteiger partial charge is 0.345 e. The van der Waals surface area contributed by atoms with Gasteiger partial charge in [-0.1, -0.05) is 41.4 Å². The number of nitrogens with one attached hydrogen (secondary N) is 2. The zero-order valence-corrected chi connectivity index (χ0v) is 16.9. The molecule has 3 rings (SSSR count). The second-order valence-corrected chi connectivity index (χ2v) is 8.30. The number of aromatic nitrogens is 1. The van der Waals surface area contributed by atoms with Gasteiger partial charge < -0.3 is 10.2 Å². The minimum Gasteiger partial charge on any atom is -0.345 e. The molecule has 2 N–H and O–H groups in total. The number of rotatable bonds is 6. The lowest BCUT2D eigenvalue weighted by Gasteiger charge is -2.18. The van der Waals surface area contributed by atoms with Crippen molar-refractivity contribution in [2.45, 2.75) is 19.5 Å². The molecule has 4 nitrogen and oxygen atoms in total. The molecule has 0 bridgehead atoms. The number of hydrogen-bond acceptors (Lipinski definition) is 3. The number of hydrogen-bond donors (Lipinski definition) is 2. The van der Waals surface area contributed by atoms with Crippen molar-refractivity contribution < 1.29 is 9.69 Å². The quantitative estimate of drug-likeness (QED) is 0.655. The number of carbonyl (C=O) groups is 1. The van der Waals surface area contributed by atoms with Crippen LogP contribution in [0.2, 0.25) is 10.0 Å². The molecule has 26 heavy (non-hydrogen) atoms. The number of carbonyl (C=O) groups excluding carboxylic acids is 1. The number of para-hydroxylation sites is 1. The van der Waals surface area contributed by atoms with Crippen LogP contribution in [0.25, 0.3) is 10.2 Å². The van der Waals surface area contributed by atoms with Gasteiger partial charge in [0, 0.05) is 10.0 Å². The number of fused-ring (bicyclic) bond motifs is 1. The van der Waals surface area contributed by atoms with Gasteiger partial charge in [-0.3, -0.25) is 4.79 Å². The molecule has 0 spiro atoms. The van der Waals surface area contributed by atoms with Gasteiger partial charge in [-0.15, -0.1) is 11.3 Å². The van der Waals surface area contributed by atoms with E-state index in [0.717, 1.165) is 21.0 Å². The van der Waals surface area contributed by atoms with Crippen LogP contribution in [-0.4, -0.2) is 24.5 Å². The fourth-order valence-corrected chi connectivity index (χ4v) is 4.47. The standard InChI is InChI=1S/C19H19Cl2N3OS/c1-12(14-8-7-13(20)9-15(14)21)22-18(25)10-24(2)11-19-23-16-5-3-4-6-17(16)26-19/h3-9,12H,10-11H2,1-2H3,(H,22,25)/p+1/t12-/m0/s1. The first-order valence-electron chi connectivity index (χ1n) is 8.32. The van der Waals surface area contributed by atoms with Gasteiger partial charge in [-0.2, -0.15) is 0 Å². The van der Waals surface area contributed by atoms with Gasteiger partial charge in [0.2, 0.25) is 0 Å². The van der Waals surface area contributed by atoms with Gasteiger partial charge in [0.1, 0.15) is 11.6 Å². The van der Waals surface area contributed by atoms with Crippen LogP contribution in [0.1, 0.15) is 23.5 Å². The average molecular weight is 409 g/mol. The van der Waals surface area contributed by atoms with Gasteiger partial charge in [0.15, 0.2) is 6.54 Å². The van der Waals surface area contributed by atoms with Crippen molar-refractivity contribution in [1.29, 1.82) is 0 Å². The molecule has 0 aliphatic carbocycles. The molecule has 0 aliphatic rings. The van der Waals surface area contributed by atoms with Crippen LogP contribution in [0, 0.1) is 0 Å². The Morgan fingerprint density at radius 3 is 2.77 bits per heavy atom. The van der Waals surface area contributed by atoms with Crippen molar-refractivity contribution in [2.24, 2.45) is 0 Å². The molecule has 7 heteroatoms. The van der Waals surface area contributed by atoms with E-state index in [-0.39, 0.29) is 11.9 Å². The third-order valence-corrected chi connectivity index (χ3v) is 5.66. The highest BCUT2D eigenvalue weighted by Gasteiger charge is 2.17. The van der Waals surface area contributed by atoms with Crippen LogP contribution in [0.3, 0.4) is 0 Å². The summed E-state index contributed by atoms with van der Waals surface area (Å²) < 4.78 is 1.17. The molecule has 2 aromatic carbocycles. The number of nitrogens with zero attached hydrogens (tertiary/aromatic N) is 1. The Bertz CT molecular complexity index is 895. The summed E-state index contributed by atoms with van der Waals surface area (Å²) in [4.78, 5) is 18.1. The molecule has 1 amide bonds. The number of amides is 1. The molecule has 1 heterocycles. The smallest absolute Gasteiger partial charge is 0.275 e. The van der Waals surface area contributed by atoms with E-state index in [0.29, 0.717) is 23.1 Å². The van der Waals surface area contributed by atoms with E-state index in [9.17, 15) is 4.79 Å². The van der Waals surface area contributed by atoms with Crippen LogP contribution >= 0.6 is 34.5 Å². The maximum atomic E-state index is 12.4. The van der Waals surface area contributed by atoms with Gasteiger partial charge in [0.25, 0.3) is 5.91 Å². The van der Waals surface area contributed by atoms with Crippen LogP contribution < -0.4 is 10.2 Å². The van der Waals surface area contributed by atoms with Crippen LogP contribution in [0.5, 0.6) is 0 Å². The summed E-state index contributed by atoms with van der Waals surface area (Å²) in [5.74, 6) is -0.0258. The molecule has 0 saturated heterocycles. The molecule has 0 saturated carbocycles. The predicted octanol–water partition coefficient (Wildman–Crippen LogP) is 3.50. The fourth-order valence-electron chi connectivity index (χ4n) is 2.81. The van der Waals surface area contributed by atoms with Crippen molar-refractivity contribution in [3.05, 3.63) is 63.1 Å². The molecular weight excluding hydrogens is 389 g/mol. The second-order valence-electron chi connectivity index (χ2n) is 6.34. The molecule has 0 radical (unpaired) electrons. The molecule has 0 fully saturated rings. The van der Waals surface area contributed by atoms with Crippen LogP contribution in [-0.2, 0) is 11.3 Å². The Hall–Kier alpha value is -1.66. The molecule has 1 aromatic heterocycles. The maximum Gasteiger partial charge on any atom is 0.275 e. The highest BCUT2D eigenvalue weighted by atomic mass is 35.5. The van der Waals surface area contributed by atoms with E-state index < -0.39 is 0 Å². The summed E-state index contributed by atoms with van der Waals surface area (Å²) in [7, 11) is 1.99.